The van der Waals surface area contributed by atoms with Gasteiger partial charge in [-0.2, -0.15) is 0 Å². The first-order chi connectivity index (χ1) is 12.5. The monoisotopic (exact) mass is 363 g/mol. The van der Waals surface area contributed by atoms with Gasteiger partial charge in [-0.3, -0.25) is 0 Å². The number of fused-ring (bicyclic) bond motifs is 1. The van der Waals surface area contributed by atoms with Gasteiger partial charge in [-0.05, 0) is 56.5 Å². The molecule has 0 aromatic heterocycles. The topological polar surface area (TPSA) is 74.3 Å². The molecule has 2 aliphatic heterocycles. The lowest BCUT2D eigenvalue weighted by molar-refractivity contribution is 0.0945. The van der Waals surface area contributed by atoms with Gasteiger partial charge in [0.25, 0.3) is 0 Å². The summed E-state index contributed by atoms with van der Waals surface area (Å²) in [6.45, 7) is 6.01. The van der Waals surface area contributed by atoms with Crippen molar-refractivity contribution in [2.75, 3.05) is 40.0 Å². The van der Waals surface area contributed by atoms with E-state index in [9.17, 15) is 9.90 Å². The normalized spacial score (nSPS) is 18.6. The molecule has 7 heteroatoms. The smallest absolute Gasteiger partial charge is 0.317 e. The van der Waals surface area contributed by atoms with Crippen molar-refractivity contribution in [1.29, 1.82) is 0 Å². The summed E-state index contributed by atoms with van der Waals surface area (Å²) in [5.74, 6) is 2.00. The fourth-order valence-electron chi connectivity index (χ4n) is 3.56. The molecule has 2 aliphatic rings. The number of β-amino-alcohol motifs (C(OH)–C–C–N with tert-alkyl or cyclic N) is 1. The second-order valence-electron chi connectivity index (χ2n) is 7.32. The van der Waals surface area contributed by atoms with E-state index < -0.39 is 0 Å². The lowest BCUT2D eigenvalue weighted by Crippen LogP contribution is -2.43. The Kier molecular flexibility index (Phi) is 6.21. The van der Waals surface area contributed by atoms with Crippen molar-refractivity contribution in [2.24, 2.45) is 5.92 Å². The van der Waals surface area contributed by atoms with Gasteiger partial charge in [0.2, 0.25) is 6.79 Å². The standard InChI is InChI=1S/C19H29N3O4/c1-14(23)11-22-7-5-15(6-8-22)12-21(2)19(24)20-10-16-3-4-17-18(9-16)26-13-25-17/h3-4,9,14-15,23H,5-8,10-13H2,1-2H3,(H,20,24)/t14-/m1/s1. The zero-order valence-corrected chi connectivity index (χ0v) is 15.6. The maximum absolute atomic E-state index is 12.3. The predicted molar refractivity (Wildman–Crippen MR) is 98.3 cm³/mol. The molecule has 1 saturated heterocycles. The predicted octanol–water partition coefficient (Wildman–Crippen LogP) is 1.65. The van der Waals surface area contributed by atoms with Crippen molar-refractivity contribution >= 4 is 6.03 Å². The summed E-state index contributed by atoms with van der Waals surface area (Å²) in [7, 11) is 1.84. The number of aliphatic hydroxyl groups excluding tert-OH is 1. The molecule has 1 atom stereocenters. The Morgan fingerprint density at radius 2 is 2.08 bits per heavy atom. The molecule has 3 rings (SSSR count). The van der Waals surface area contributed by atoms with E-state index in [4.69, 9.17) is 9.47 Å². The minimum atomic E-state index is -0.281. The second kappa shape index (κ2) is 8.60. The first-order valence-corrected chi connectivity index (χ1v) is 9.29. The largest absolute Gasteiger partial charge is 0.454 e. The van der Waals surface area contributed by atoms with Crippen LogP contribution in [0.4, 0.5) is 4.79 Å². The van der Waals surface area contributed by atoms with Crippen LogP contribution in [0.3, 0.4) is 0 Å². The van der Waals surface area contributed by atoms with Gasteiger partial charge in [-0.15, -0.1) is 0 Å². The van der Waals surface area contributed by atoms with Gasteiger partial charge >= 0.3 is 6.03 Å². The van der Waals surface area contributed by atoms with Crippen LogP contribution in [0.2, 0.25) is 0 Å². The van der Waals surface area contributed by atoms with E-state index in [0.717, 1.165) is 56.1 Å². The van der Waals surface area contributed by atoms with Crippen molar-refractivity contribution in [3.05, 3.63) is 23.8 Å². The van der Waals surface area contributed by atoms with Crippen LogP contribution < -0.4 is 14.8 Å². The van der Waals surface area contributed by atoms with Crippen molar-refractivity contribution in [3.63, 3.8) is 0 Å². The van der Waals surface area contributed by atoms with Crippen LogP contribution in [0.25, 0.3) is 0 Å². The van der Waals surface area contributed by atoms with E-state index in [-0.39, 0.29) is 18.9 Å². The van der Waals surface area contributed by atoms with Gasteiger partial charge in [0.15, 0.2) is 11.5 Å². The minimum absolute atomic E-state index is 0.0610. The Morgan fingerprint density at radius 1 is 1.35 bits per heavy atom. The van der Waals surface area contributed by atoms with Gasteiger partial charge in [0.1, 0.15) is 0 Å². The molecular formula is C19H29N3O4. The van der Waals surface area contributed by atoms with E-state index in [0.29, 0.717) is 12.5 Å². The van der Waals surface area contributed by atoms with Gasteiger partial charge in [-0.1, -0.05) is 6.07 Å². The molecule has 0 saturated carbocycles. The third-order valence-corrected chi connectivity index (χ3v) is 4.99. The number of amides is 2. The third-order valence-electron chi connectivity index (χ3n) is 4.99. The molecule has 2 amide bonds. The summed E-state index contributed by atoms with van der Waals surface area (Å²) in [6, 6.07) is 5.65. The lowest BCUT2D eigenvalue weighted by Gasteiger charge is -2.34. The number of aliphatic hydroxyl groups is 1. The minimum Gasteiger partial charge on any atom is -0.454 e. The number of rotatable bonds is 6. The Bertz CT molecular complexity index is 615. The molecule has 144 valence electrons. The van der Waals surface area contributed by atoms with Crippen molar-refractivity contribution in [3.8, 4) is 11.5 Å². The summed E-state index contributed by atoms with van der Waals surface area (Å²) < 4.78 is 10.7. The van der Waals surface area contributed by atoms with Gasteiger partial charge in [-0.25, -0.2) is 4.79 Å². The molecule has 2 N–H and O–H groups in total. The fraction of sp³-hybridized carbons (Fsp3) is 0.632. The van der Waals surface area contributed by atoms with Crippen LogP contribution in [-0.2, 0) is 6.54 Å². The maximum atomic E-state index is 12.3. The summed E-state index contributed by atoms with van der Waals surface area (Å²) in [6.07, 6.45) is 1.84. The van der Waals surface area contributed by atoms with E-state index in [1.807, 2.05) is 32.2 Å². The molecule has 0 bridgehead atoms. The highest BCUT2D eigenvalue weighted by Gasteiger charge is 2.22. The highest BCUT2D eigenvalue weighted by molar-refractivity contribution is 5.73. The fourth-order valence-corrected chi connectivity index (χ4v) is 3.56. The lowest BCUT2D eigenvalue weighted by atomic mass is 9.96. The van der Waals surface area contributed by atoms with Crippen LogP contribution in [0.5, 0.6) is 11.5 Å². The highest BCUT2D eigenvalue weighted by Crippen LogP contribution is 2.32. The SMILES string of the molecule is C[C@@H](O)CN1CCC(CN(C)C(=O)NCc2ccc3c(c2)OCO3)CC1. The van der Waals surface area contributed by atoms with Gasteiger partial charge in [0.05, 0.1) is 6.10 Å². The number of piperidine rings is 1. The van der Waals surface area contributed by atoms with Crippen LogP contribution in [0.1, 0.15) is 25.3 Å². The zero-order chi connectivity index (χ0) is 18.5. The number of hydrogen-bond acceptors (Lipinski definition) is 5. The van der Waals surface area contributed by atoms with Crippen molar-refractivity contribution in [1.82, 2.24) is 15.1 Å². The zero-order valence-electron chi connectivity index (χ0n) is 15.6. The van der Waals surface area contributed by atoms with Crippen molar-refractivity contribution in [2.45, 2.75) is 32.4 Å². The number of benzene rings is 1. The molecule has 2 heterocycles. The van der Waals surface area contributed by atoms with E-state index in [1.54, 1.807) is 4.90 Å². The highest BCUT2D eigenvalue weighted by atomic mass is 16.7. The van der Waals surface area contributed by atoms with E-state index >= 15 is 0 Å². The molecule has 1 fully saturated rings. The molecule has 0 aliphatic carbocycles. The molecule has 0 radical (unpaired) electrons. The number of carbonyl (C=O) groups is 1. The summed E-state index contributed by atoms with van der Waals surface area (Å²) in [5.41, 5.74) is 0.988. The first-order valence-electron chi connectivity index (χ1n) is 9.29. The summed E-state index contributed by atoms with van der Waals surface area (Å²) in [5, 5.41) is 12.4. The molecule has 26 heavy (non-hydrogen) atoms. The number of nitrogens with one attached hydrogen (secondary N) is 1. The van der Waals surface area contributed by atoms with Gasteiger partial charge in [0, 0.05) is 26.7 Å². The Morgan fingerprint density at radius 3 is 2.81 bits per heavy atom. The maximum Gasteiger partial charge on any atom is 0.317 e. The van der Waals surface area contributed by atoms with Crippen LogP contribution >= 0.6 is 0 Å². The van der Waals surface area contributed by atoms with Crippen LogP contribution in [-0.4, -0.2) is 67.1 Å². The van der Waals surface area contributed by atoms with E-state index in [1.165, 1.54) is 0 Å². The molecule has 7 nitrogen and oxygen atoms in total. The average Bonchev–Trinajstić information content (AvgIpc) is 3.08. The number of likely N-dealkylation sites (tertiary alicyclic amines) is 1. The summed E-state index contributed by atoms with van der Waals surface area (Å²) >= 11 is 0. The second-order valence-corrected chi connectivity index (χ2v) is 7.32. The van der Waals surface area contributed by atoms with Gasteiger partial charge < -0.3 is 29.7 Å². The summed E-state index contributed by atoms with van der Waals surface area (Å²) in [4.78, 5) is 16.4. The Balaban J connectivity index is 1.39. The van der Waals surface area contributed by atoms with E-state index in [2.05, 4.69) is 10.2 Å². The van der Waals surface area contributed by atoms with Crippen molar-refractivity contribution < 1.29 is 19.4 Å². The molecule has 0 unspecified atom stereocenters. The molecule has 0 spiro atoms. The third kappa shape index (κ3) is 5.02. The molecule has 1 aromatic rings. The Hall–Kier alpha value is -1.99. The van der Waals surface area contributed by atoms with Crippen LogP contribution in [0.15, 0.2) is 18.2 Å². The number of carbonyl (C=O) groups excluding carboxylic acids is 1. The molecule has 1 aromatic carbocycles. The number of ether oxygens (including phenoxy) is 2. The molecular weight excluding hydrogens is 334 g/mol. The quantitative estimate of drug-likeness (QED) is 0.804. The Labute approximate surface area is 154 Å². The number of urea groups is 1. The average molecular weight is 363 g/mol. The number of hydrogen-bond donors (Lipinski definition) is 2. The van der Waals surface area contributed by atoms with Crippen LogP contribution in [0, 0.1) is 5.92 Å². The number of nitrogens with zero attached hydrogens (tertiary/aromatic N) is 2. The first kappa shape index (κ1) is 18.8.